The van der Waals surface area contributed by atoms with Gasteiger partial charge in [0, 0.05) is 63.3 Å². The third-order valence-corrected chi connectivity index (χ3v) is 5.58. The van der Waals surface area contributed by atoms with Gasteiger partial charge in [0.1, 0.15) is 0 Å². The van der Waals surface area contributed by atoms with E-state index < -0.39 is 0 Å². The van der Waals surface area contributed by atoms with Crippen molar-refractivity contribution in [3.8, 4) is 0 Å². The van der Waals surface area contributed by atoms with E-state index in [0.717, 1.165) is 22.9 Å². The molecule has 0 spiro atoms. The lowest BCUT2D eigenvalue weighted by Crippen LogP contribution is -1.84. The maximum Gasteiger partial charge on any atom is 0.0702 e. The number of aromatic nitrogens is 3. The summed E-state index contributed by atoms with van der Waals surface area (Å²) in [4.78, 5) is 9.76. The van der Waals surface area contributed by atoms with Crippen LogP contribution < -0.4 is 0 Å². The van der Waals surface area contributed by atoms with Crippen LogP contribution in [0.25, 0.3) is 32.7 Å². The van der Waals surface area contributed by atoms with E-state index in [0.29, 0.717) is 0 Å². The lowest BCUT2D eigenvalue weighted by atomic mass is 10.0. The maximum absolute atomic E-state index is 8.90. The molecule has 0 aliphatic heterocycles. The highest BCUT2D eigenvalue weighted by Gasteiger charge is 2.07. The fraction of sp³-hybridized carbons (Fsp3) is 0.0769. The van der Waals surface area contributed by atoms with E-state index in [1.807, 2.05) is 30.5 Å². The highest BCUT2D eigenvalue weighted by Crippen LogP contribution is 2.25. The van der Waals surface area contributed by atoms with Crippen molar-refractivity contribution < 1.29 is 5.11 Å². The Balaban J connectivity index is 0.000000149. The molecular weight excluding hydrogens is 370 g/mol. The van der Waals surface area contributed by atoms with Gasteiger partial charge in [0.15, 0.2) is 0 Å². The Labute approximate surface area is 174 Å². The molecule has 0 unspecified atom stereocenters. The highest BCUT2D eigenvalue weighted by molar-refractivity contribution is 5.87. The highest BCUT2D eigenvalue weighted by atomic mass is 16.3. The van der Waals surface area contributed by atoms with Gasteiger partial charge in [0.25, 0.3) is 0 Å². The normalized spacial score (nSPS) is 11.1. The van der Waals surface area contributed by atoms with Crippen LogP contribution in [0.2, 0.25) is 0 Å². The van der Waals surface area contributed by atoms with E-state index in [4.69, 9.17) is 5.11 Å². The lowest BCUT2D eigenvalue weighted by Gasteiger charge is -1.98. The monoisotopic (exact) mass is 393 g/mol. The molecule has 0 radical (unpaired) electrons. The smallest absolute Gasteiger partial charge is 0.0702 e. The first kappa shape index (κ1) is 18.3. The Hall–Kier alpha value is -3.76. The number of hydrogen-bond acceptors (Lipinski definition) is 1. The molecule has 3 aromatic heterocycles. The molecule has 30 heavy (non-hydrogen) atoms. The number of aliphatic hydroxyl groups is 1. The van der Waals surface area contributed by atoms with Crippen molar-refractivity contribution in [2.45, 2.75) is 13.0 Å². The third kappa shape index (κ3) is 3.38. The van der Waals surface area contributed by atoms with E-state index in [9.17, 15) is 0 Å². The Morgan fingerprint density at radius 2 is 0.867 bits per heavy atom. The van der Waals surface area contributed by atoms with Crippen molar-refractivity contribution in [2.24, 2.45) is 0 Å². The van der Waals surface area contributed by atoms with Gasteiger partial charge in [-0.3, -0.25) is 0 Å². The van der Waals surface area contributed by atoms with Crippen molar-refractivity contribution in [3.63, 3.8) is 0 Å². The van der Waals surface area contributed by atoms with Crippen LogP contribution in [-0.4, -0.2) is 20.1 Å². The van der Waals surface area contributed by atoms with Gasteiger partial charge in [-0.15, -0.1) is 0 Å². The Kier molecular flexibility index (Phi) is 4.83. The fourth-order valence-corrected chi connectivity index (χ4v) is 4.02. The number of H-pyrrole nitrogens is 3. The summed E-state index contributed by atoms with van der Waals surface area (Å²) in [5, 5.41) is 12.6. The molecule has 0 bridgehead atoms. The summed E-state index contributed by atoms with van der Waals surface area (Å²) in [6, 6.07) is 24.8. The van der Waals surface area contributed by atoms with Gasteiger partial charge in [-0.25, -0.2) is 0 Å². The molecule has 4 N–H and O–H groups in total. The fourth-order valence-electron chi connectivity index (χ4n) is 4.02. The van der Waals surface area contributed by atoms with Crippen molar-refractivity contribution in [1.82, 2.24) is 15.0 Å². The second-order valence-electron chi connectivity index (χ2n) is 7.41. The van der Waals surface area contributed by atoms with Crippen LogP contribution >= 0.6 is 0 Å². The molecule has 4 nitrogen and oxygen atoms in total. The topological polar surface area (TPSA) is 67.6 Å². The minimum Gasteiger partial charge on any atom is -0.392 e. The molecule has 6 rings (SSSR count). The zero-order chi connectivity index (χ0) is 20.3. The number of nitrogens with one attached hydrogen (secondary N) is 3. The quantitative estimate of drug-likeness (QED) is 0.297. The Bertz CT molecular complexity index is 1350. The van der Waals surface area contributed by atoms with Crippen LogP contribution in [-0.2, 0) is 13.0 Å². The van der Waals surface area contributed by atoms with Crippen molar-refractivity contribution >= 4 is 32.7 Å². The standard InChI is InChI=1S/C17H14N2.C9H9NO/c1-3-7-16-14(5-1)12(10-18-16)9-13-11-19-17-8-4-2-6-15(13)17;11-6-7-5-10-9-4-2-1-3-8(7)9/h1-8,10-11,18-19H,9H2;1-5,10-11H,6H2. The summed E-state index contributed by atoms with van der Waals surface area (Å²) in [5.41, 5.74) is 7.15. The Morgan fingerprint density at radius 1 is 0.500 bits per heavy atom. The third-order valence-electron chi connectivity index (χ3n) is 5.58. The zero-order valence-corrected chi connectivity index (χ0v) is 16.5. The van der Waals surface area contributed by atoms with E-state index in [1.54, 1.807) is 0 Å². The number of benzene rings is 3. The predicted molar refractivity (Wildman–Crippen MR) is 124 cm³/mol. The summed E-state index contributed by atoms with van der Waals surface area (Å²) in [5.74, 6) is 0. The molecule has 148 valence electrons. The number of fused-ring (bicyclic) bond motifs is 3. The molecule has 4 heteroatoms. The average Bonchev–Trinajstić information content (AvgIpc) is 3.52. The van der Waals surface area contributed by atoms with E-state index in [2.05, 4.69) is 75.9 Å². The van der Waals surface area contributed by atoms with Crippen LogP contribution in [0.3, 0.4) is 0 Å². The average molecular weight is 393 g/mol. The number of aromatic amines is 3. The maximum atomic E-state index is 8.90. The molecule has 3 aromatic carbocycles. The number of para-hydroxylation sites is 3. The van der Waals surface area contributed by atoms with Crippen LogP contribution in [0.15, 0.2) is 91.4 Å². The molecule has 0 saturated heterocycles. The molecule has 0 atom stereocenters. The largest absolute Gasteiger partial charge is 0.392 e. The first-order chi connectivity index (χ1) is 14.8. The van der Waals surface area contributed by atoms with Crippen molar-refractivity contribution in [1.29, 1.82) is 0 Å². The van der Waals surface area contributed by atoms with E-state index in [-0.39, 0.29) is 6.61 Å². The summed E-state index contributed by atoms with van der Waals surface area (Å²) < 4.78 is 0. The molecule has 0 saturated carbocycles. The van der Waals surface area contributed by atoms with Gasteiger partial charge in [0.2, 0.25) is 0 Å². The molecule has 0 aliphatic carbocycles. The summed E-state index contributed by atoms with van der Waals surface area (Å²) >= 11 is 0. The Morgan fingerprint density at radius 3 is 1.30 bits per heavy atom. The molecule has 3 heterocycles. The second kappa shape index (κ2) is 7.93. The van der Waals surface area contributed by atoms with Gasteiger partial charge in [-0.1, -0.05) is 54.6 Å². The second-order valence-corrected chi connectivity index (χ2v) is 7.41. The summed E-state index contributed by atoms with van der Waals surface area (Å²) in [7, 11) is 0. The predicted octanol–water partition coefficient (Wildman–Crippen LogP) is 5.90. The molecule has 0 fully saturated rings. The molecule has 0 amide bonds. The first-order valence-electron chi connectivity index (χ1n) is 10.1. The summed E-state index contributed by atoms with van der Waals surface area (Å²) in [6.45, 7) is 0.101. The summed E-state index contributed by atoms with van der Waals surface area (Å²) in [6.07, 6.45) is 7.03. The minimum absolute atomic E-state index is 0.101. The SMILES string of the molecule is OCc1c[nH]c2ccccc12.c1ccc2c(Cc3c[nH]c4ccccc34)c[nH]c2c1. The van der Waals surface area contributed by atoms with Crippen molar-refractivity contribution in [2.75, 3.05) is 0 Å². The molecular formula is C26H23N3O. The van der Waals surface area contributed by atoms with Crippen LogP contribution in [0.5, 0.6) is 0 Å². The van der Waals surface area contributed by atoms with Gasteiger partial charge in [0.05, 0.1) is 6.61 Å². The van der Waals surface area contributed by atoms with E-state index in [1.165, 1.54) is 32.9 Å². The number of hydrogen-bond donors (Lipinski definition) is 4. The van der Waals surface area contributed by atoms with Crippen LogP contribution in [0.1, 0.15) is 16.7 Å². The van der Waals surface area contributed by atoms with Gasteiger partial charge < -0.3 is 20.1 Å². The first-order valence-corrected chi connectivity index (χ1v) is 10.1. The minimum atomic E-state index is 0.101. The number of rotatable bonds is 3. The van der Waals surface area contributed by atoms with Crippen LogP contribution in [0, 0.1) is 0 Å². The molecule has 0 aliphatic rings. The van der Waals surface area contributed by atoms with Crippen LogP contribution in [0.4, 0.5) is 0 Å². The van der Waals surface area contributed by atoms with Crippen molar-refractivity contribution in [3.05, 3.63) is 108 Å². The van der Waals surface area contributed by atoms with E-state index >= 15 is 0 Å². The van der Waals surface area contributed by atoms with Gasteiger partial charge in [-0.2, -0.15) is 0 Å². The lowest BCUT2D eigenvalue weighted by molar-refractivity contribution is 0.283. The number of aliphatic hydroxyl groups excluding tert-OH is 1. The zero-order valence-electron chi connectivity index (χ0n) is 16.5. The molecule has 6 aromatic rings. The van der Waals surface area contributed by atoms with Gasteiger partial charge >= 0.3 is 0 Å². The van der Waals surface area contributed by atoms with Gasteiger partial charge in [-0.05, 0) is 29.3 Å².